The number of rotatable bonds is 6. The molecule has 0 unspecified atom stereocenters. The van der Waals surface area contributed by atoms with E-state index in [-0.39, 0.29) is 40.5 Å². The Hall–Kier alpha value is -4.14. The fraction of sp³-hybridized carbons (Fsp3) is 0.276. The van der Waals surface area contributed by atoms with Crippen molar-refractivity contribution >= 4 is 32.7 Å². The molecule has 0 saturated carbocycles. The van der Waals surface area contributed by atoms with Gasteiger partial charge in [0.25, 0.3) is 5.91 Å². The van der Waals surface area contributed by atoms with Crippen molar-refractivity contribution in [1.82, 2.24) is 15.3 Å². The topological polar surface area (TPSA) is 160 Å². The Balaban J connectivity index is 1.57. The summed E-state index contributed by atoms with van der Waals surface area (Å²) in [5.74, 6) is -1.64. The van der Waals surface area contributed by atoms with Crippen molar-refractivity contribution in [1.29, 1.82) is 0 Å². The number of aromatic hydroxyl groups is 2. The van der Waals surface area contributed by atoms with Crippen molar-refractivity contribution in [3.8, 4) is 34.3 Å². The van der Waals surface area contributed by atoms with E-state index in [9.17, 15) is 33.3 Å². The maximum atomic E-state index is 14.6. The van der Waals surface area contributed by atoms with E-state index < -0.39 is 47.0 Å². The lowest BCUT2D eigenvalue weighted by Crippen LogP contribution is -2.51. The molecule has 4 aromatic rings. The Kier molecular flexibility index (Phi) is 7.43. The fourth-order valence-corrected chi connectivity index (χ4v) is 5.07. The molecule has 10 nitrogen and oxygen atoms in total. The van der Waals surface area contributed by atoms with Gasteiger partial charge in [-0.25, -0.2) is 9.97 Å². The van der Waals surface area contributed by atoms with Crippen LogP contribution in [-0.2, 0) is 11.1 Å². The molecule has 226 valence electrons. The van der Waals surface area contributed by atoms with E-state index in [1.54, 1.807) is 13.0 Å². The highest BCUT2D eigenvalue weighted by molar-refractivity contribution is 9.10. The van der Waals surface area contributed by atoms with Crippen LogP contribution >= 0.6 is 15.9 Å². The number of nitrogens with zero attached hydrogens (tertiary/aromatic N) is 2. The Morgan fingerprint density at radius 1 is 1.16 bits per heavy atom. The number of ether oxygens (including phenoxy) is 2. The smallest absolute Gasteiger partial charge is 0.424 e. The number of amides is 1. The molecule has 2 aromatic carbocycles. The zero-order chi connectivity index (χ0) is 31.5. The molecule has 6 N–H and O–H groups in total. The number of hydrogen-bond acceptors (Lipinski definition) is 9. The molecule has 2 atom stereocenters. The van der Waals surface area contributed by atoms with Gasteiger partial charge in [0.15, 0.2) is 17.2 Å². The van der Waals surface area contributed by atoms with Crippen LogP contribution in [0.25, 0.3) is 22.2 Å². The van der Waals surface area contributed by atoms with Crippen LogP contribution in [-0.4, -0.2) is 57.6 Å². The van der Waals surface area contributed by atoms with Crippen LogP contribution in [0.1, 0.15) is 34.2 Å². The minimum Gasteiger partial charge on any atom is -0.504 e. The molecule has 1 aliphatic heterocycles. The Bertz CT molecular complexity index is 1780. The van der Waals surface area contributed by atoms with Gasteiger partial charge in [0.05, 0.1) is 30.6 Å². The number of nitrogens with one attached hydrogen (secondary N) is 1. The van der Waals surface area contributed by atoms with Crippen LogP contribution < -0.4 is 20.5 Å². The fourth-order valence-electron chi connectivity index (χ4n) is 4.74. The molecule has 0 spiro atoms. The number of aromatic nitrogens is 2. The highest BCUT2D eigenvalue weighted by Crippen LogP contribution is 2.47. The number of aryl methyl sites for hydroxylation is 1. The maximum Gasteiger partial charge on any atom is 0.424 e. The summed E-state index contributed by atoms with van der Waals surface area (Å²) in [4.78, 5) is 21.7. The van der Waals surface area contributed by atoms with Crippen LogP contribution in [0, 0.1) is 6.92 Å². The van der Waals surface area contributed by atoms with Gasteiger partial charge in [0.2, 0.25) is 5.60 Å². The number of methoxy groups -OCH3 is 1. The van der Waals surface area contributed by atoms with Gasteiger partial charge in [-0.05, 0) is 72.2 Å². The van der Waals surface area contributed by atoms with Crippen LogP contribution in [0.2, 0.25) is 0 Å². The summed E-state index contributed by atoms with van der Waals surface area (Å²) >= 11 is 3.38. The molecule has 1 aliphatic rings. The quantitative estimate of drug-likeness (QED) is 0.187. The van der Waals surface area contributed by atoms with Gasteiger partial charge in [0, 0.05) is 26.5 Å². The first-order valence-electron chi connectivity index (χ1n) is 12.8. The van der Waals surface area contributed by atoms with Crippen molar-refractivity contribution in [2.24, 2.45) is 5.73 Å². The van der Waals surface area contributed by atoms with Crippen LogP contribution in [0.5, 0.6) is 23.0 Å². The lowest BCUT2D eigenvalue weighted by molar-refractivity contribution is -0.265. The largest absolute Gasteiger partial charge is 0.504 e. The number of pyridine rings is 2. The van der Waals surface area contributed by atoms with Gasteiger partial charge in [0.1, 0.15) is 23.6 Å². The molecule has 0 saturated heterocycles. The summed E-state index contributed by atoms with van der Waals surface area (Å²) in [6, 6.07) is 9.01. The van der Waals surface area contributed by atoms with Gasteiger partial charge in [-0.3, -0.25) is 4.79 Å². The minimum atomic E-state index is -5.31. The number of alkyl halides is 3. The molecule has 2 aromatic heterocycles. The average Bonchev–Trinajstić information content (AvgIpc) is 3.26. The first-order valence-corrected chi connectivity index (χ1v) is 13.6. The van der Waals surface area contributed by atoms with Crippen LogP contribution in [0.3, 0.4) is 0 Å². The number of halogens is 4. The summed E-state index contributed by atoms with van der Waals surface area (Å²) in [5.41, 5.74) is 1.68. The second kappa shape index (κ2) is 10.5. The minimum absolute atomic E-state index is 0.0310. The van der Waals surface area contributed by atoms with E-state index in [1.807, 2.05) is 0 Å². The van der Waals surface area contributed by atoms with Gasteiger partial charge >= 0.3 is 6.18 Å². The Labute approximate surface area is 251 Å². The van der Waals surface area contributed by atoms with Crippen molar-refractivity contribution in [2.45, 2.75) is 31.2 Å². The molecule has 43 heavy (non-hydrogen) atoms. The third-order valence-electron chi connectivity index (χ3n) is 7.24. The number of hydrogen-bond donors (Lipinski definition) is 5. The normalized spacial score (nSPS) is 17.7. The van der Waals surface area contributed by atoms with E-state index >= 15 is 0 Å². The number of fused-ring (bicyclic) bond motifs is 2. The molecular weight excluding hydrogens is 637 g/mol. The summed E-state index contributed by atoms with van der Waals surface area (Å²) in [7, 11) is 1.37. The zero-order valence-corrected chi connectivity index (χ0v) is 24.6. The molecule has 0 fully saturated rings. The van der Waals surface area contributed by atoms with Gasteiger partial charge in [-0.1, -0.05) is 0 Å². The van der Waals surface area contributed by atoms with E-state index in [2.05, 4.69) is 31.2 Å². The highest BCUT2D eigenvalue weighted by atomic mass is 79.9. The molecule has 5 rings (SSSR count). The number of carbonyl (C=O) groups excluding carboxylic acids is 1. The summed E-state index contributed by atoms with van der Waals surface area (Å²) < 4.78 is 55.6. The average molecular weight is 663 g/mol. The zero-order valence-electron chi connectivity index (χ0n) is 23.0. The number of benzene rings is 2. The maximum absolute atomic E-state index is 14.6. The lowest BCUT2D eigenvalue weighted by Gasteiger charge is -2.31. The monoisotopic (exact) mass is 662 g/mol. The molecule has 3 heterocycles. The second-order valence-electron chi connectivity index (χ2n) is 10.5. The predicted octanol–water partition coefficient (Wildman–Crippen LogP) is 4.53. The number of nitrogens with two attached hydrogens (primary N) is 1. The number of carbonyl (C=O) groups is 1. The van der Waals surface area contributed by atoms with Crippen molar-refractivity contribution in [3.63, 3.8) is 0 Å². The van der Waals surface area contributed by atoms with Crippen LogP contribution in [0.15, 0.2) is 46.9 Å². The van der Waals surface area contributed by atoms with Crippen molar-refractivity contribution in [3.05, 3.63) is 69.5 Å². The standard InChI is InChI=1S/C29H26BrF3N4O6/c1-13-18(30)7-15-6-16(9-21(42-3)23(15)36-13)26(40)35-11-28(41,29(31,32)33)22-10-17-25(43-12-27(17,2)34)24(37-22)14-4-5-19(38)20(39)8-14/h4-10,38-39,41H,11-12,34H2,1-3H3,(H,35,40)/t27-,28-/m0/s1. The number of phenolic OH excluding ortho intramolecular Hbond substituents is 2. The Morgan fingerprint density at radius 3 is 2.53 bits per heavy atom. The van der Waals surface area contributed by atoms with Gasteiger partial charge in [-0.15, -0.1) is 0 Å². The summed E-state index contributed by atoms with van der Waals surface area (Å²) in [6.07, 6.45) is -5.31. The first-order chi connectivity index (χ1) is 20.1. The summed E-state index contributed by atoms with van der Waals surface area (Å²) in [5, 5.41) is 33.6. The molecule has 1 amide bonds. The number of phenols is 2. The second-order valence-corrected chi connectivity index (χ2v) is 11.3. The van der Waals surface area contributed by atoms with Gasteiger partial charge < -0.3 is 35.8 Å². The third-order valence-corrected chi connectivity index (χ3v) is 8.05. The lowest BCUT2D eigenvalue weighted by atomic mass is 9.89. The first kappa shape index (κ1) is 30.3. The van der Waals surface area contributed by atoms with E-state index in [0.717, 1.165) is 18.2 Å². The van der Waals surface area contributed by atoms with Crippen molar-refractivity contribution < 1.29 is 42.8 Å². The Morgan fingerprint density at radius 2 is 1.88 bits per heavy atom. The molecular formula is C29H26BrF3N4O6. The summed E-state index contributed by atoms with van der Waals surface area (Å²) in [6.45, 7) is 1.90. The van der Waals surface area contributed by atoms with Crippen LogP contribution in [0.4, 0.5) is 13.2 Å². The van der Waals surface area contributed by atoms with E-state index in [4.69, 9.17) is 15.2 Å². The van der Waals surface area contributed by atoms with Gasteiger partial charge in [-0.2, -0.15) is 13.2 Å². The molecule has 0 aliphatic carbocycles. The van der Waals surface area contributed by atoms with Crippen molar-refractivity contribution in [2.75, 3.05) is 20.3 Å². The number of aliphatic hydroxyl groups is 1. The van der Waals surface area contributed by atoms with E-state index in [0.29, 0.717) is 21.1 Å². The third kappa shape index (κ3) is 5.30. The predicted molar refractivity (Wildman–Crippen MR) is 153 cm³/mol. The molecule has 0 bridgehead atoms. The molecule has 0 radical (unpaired) electrons. The van der Waals surface area contributed by atoms with E-state index in [1.165, 1.54) is 32.2 Å². The molecule has 14 heteroatoms. The SMILES string of the molecule is COc1cc(C(=O)NC[C@](O)(c2cc3c(c(-c4ccc(O)c(O)c4)n2)OC[C@]3(C)N)C(F)(F)F)cc2cc(Br)c(C)nc12. The highest BCUT2D eigenvalue weighted by Gasteiger charge is 2.57.